The number of carbonyl (C=O) groups is 2. The van der Waals surface area contributed by atoms with Gasteiger partial charge in [-0.05, 0) is 64.8 Å². The van der Waals surface area contributed by atoms with Gasteiger partial charge >= 0.3 is 5.97 Å². The minimum absolute atomic E-state index is 0.0000770. The number of hydrogen-bond acceptors (Lipinski definition) is 6. The molecule has 1 aliphatic rings. The van der Waals surface area contributed by atoms with E-state index < -0.39 is 5.82 Å². The van der Waals surface area contributed by atoms with Gasteiger partial charge in [-0.15, -0.1) is 0 Å². The largest absolute Gasteiger partial charge is 0.488 e. The van der Waals surface area contributed by atoms with Crippen LogP contribution in [0, 0.1) is 11.7 Å². The van der Waals surface area contributed by atoms with E-state index in [-0.39, 0.29) is 29.5 Å². The van der Waals surface area contributed by atoms with Crippen molar-refractivity contribution in [1.82, 2.24) is 5.32 Å². The predicted octanol–water partition coefficient (Wildman–Crippen LogP) is 3.38. The van der Waals surface area contributed by atoms with E-state index in [1.165, 1.54) is 25.7 Å². The normalized spacial score (nSPS) is 16.5. The molecule has 0 saturated carbocycles. The van der Waals surface area contributed by atoms with Crippen LogP contribution in [0.4, 0.5) is 4.39 Å². The maximum absolute atomic E-state index is 13.3. The Morgan fingerprint density at radius 3 is 2.64 bits per heavy atom. The van der Waals surface area contributed by atoms with Crippen molar-refractivity contribution in [1.29, 1.82) is 0 Å². The van der Waals surface area contributed by atoms with E-state index in [0.717, 1.165) is 19.5 Å². The Morgan fingerprint density at radius 2 is 2.07 bits per heavy atom. The number of esters is 1. The third kappa shape index (κ3) is 9.80. The molecular weight excluding hydrogens is 365 g/mol. The highest BCUT2D eigenvalue weighted by Crippen LogP contribution is 2.19. The van der Waals surface area contributed by atoms with Crippen LogP contribution in [-0.2, 0) is 14.3 Å². The number of halogens is 1. The molecule has 0 aliphatic carbocycles. The summed E-state index contributed by atoms with van der Waals surface area (Å²) < 4.78 is 28.4. The summed E-state index contributed by atoms with van der Waals surface area (Å²) in [5.41, 5.74) is -0.348. The zero-order valence-electron chi connectivity index (χ0n) is 17.3. The van der Waals surface area contributed by atoms with Gasteiger partial charge in [-0.25, -0.2) is 4.39 Å². The van der Waals surface area contributed by atoms with Gasteiger partial charge in [0.25, 0.3) is 0 Å². The van der Waals surface area contributed by atoms with E-state index >= 15 is 0 Å². The average molecular weight is 397 g/mol. The quantitative estimate of drug-likeness (QED) is 0.432. The summed E-state index contributed by atoms with van der Waals surface area (Å²) in [6.07, 6.45) is 3.34. The summed E-state index contributed by atoms with van der Waals surface area (Å²) in [5.74, 6) is -0.143. The van der Waals surface area contributed by atoms with E-state index in [1.807, 2.05) is 20.8 Å². The molecule has 6 nitrogen and oxygen atoms in total. The summed E-state index contributed by atoms with van der Waals surface area (Å²) in [4.78, 5) is 21.9. The van der Waals surface area contributed by atoms with E-state index in [0.29, 0.717) is 25.2 Å². The lowest BCUT2D eigenvalue weighted by molar-refractivity contribution is -0.156. The number of hydrogen-bond donors (Lipinski definition) is 1. The Balaban J connectivity index is 0.000000280. The van der Waals surface area contributed by atoms with E-state index in [4.69, 9.17) is 14.2 Å². The molecule has 0 aromatic heterocycles. The standard InChI is InChI=1S/C11H21NO2.C10H11FO3/c1-11(2,3)14-10(13)7-9-5-4-6-12-8-9;1-13-5-6-14-9-4-2-3-8(7-12)10(9)11/h9,12H,4-8H2,1-3H3;2-4,7H,5-6H2,1H3/t9-;/m0./s1. The molecule has 1 atom stereocenters. The lowest BCUT2D eigenvalue weighted by Gasteiger charge is -2.24. The van der Waals surface area contributed by atoms with Crippen molar-refractivity contribution in [3.8, 4) is 5.75 Å². The lowest BCUT2D eigenvalue weighted by atomic mass is 9.96. The summed E-state index contributed by atoms with van der Waals surface area (Å²) in [7, 11) is 1.53. The Labute approximate surface area is 166 Å². The molecule has 1 aromatic carbocycles. The Kier molecular flexibility index (Phi) is 10.7. The van der Waals surface area contributed by atoms with Crippen molar-refractivity contribution in [3.05, 3.63) is 29.6 Å². The maximum atomic E-state index is 13.3. The Bertz CT molecular complexity index is 609. The lowest BCUT2D eigenvalue weighted by Crippen LogP contribution is -2.33. The maximum Gasteiger partial charge on any atom is 0.306 e. The summed E-state index contributed by atoms with van der Waals surface area (Å²) in [6.45, 7) is 8.41. The summed E-state index contributed by atoms with van der Waals surface area (Å²) in [5, 5.41) is 3.30. The molecule has 0 spiro atoms. The van der Waals surface area contributed by atoms with E-state index in [2.05, 4.69) is 5.32 Å². The molecule has 0 amide bonds. The number of methoxy groups -OCH3 is 1. The van der Waals surface area contributed by atoms with Gasteiger partial charge in [-0.2, -0.15) is 0 Å². The van der Waals surface area contributed by atoms with Crippen LogP contribution in [0.1, 0.15) is 50.4 Å². The molecule has 28 heavy (non-hydrogen) atoms. The summed E-state index contributed by atoms with van der Waals surface area (Å²) in [6, 6.07) is 4.43. The van der Waals surface area contributed by atoms with Crippen molar-refractivity contribution in [2.24, 2.45) is 5.92 Å². The SMILES string of the molecule is CC(C)(C)OC(=O)C[C@@H]1CCCNC1.COCCOc1cccc(C=O)c1F. The van der Waals surface area contributed by atoms with E-state index in [9.17, 15) is 14.0 Å². The van der Waals surface area contributed by atoms with Crippen LogP contribution in [-0.4, -0.2) is 51.3 Å². The highest BCUT2D eigenvalue weighted by atomic mass is 19.1. The molecule has 1 saturated heterocycles. The molecule has 1 aromatic rings. The van der Waals surface area contributed by atoms with Crippen LogP contribution in [0.25, 0.3) is 0 Å². The van der Waals surface area contributed by atoms with Gasteiger partial charge in [0.05, 0.1) is 12.2 Å². The molecule has 2 rings (SSSR count). The Hall–Kier alpha value is -1.99. The number of carbonyl (C=O) groups excluding carboxylic acids is 2. The number of benzene rings is 1. The molecule has 0 bridgehead atoms. The van der Waals surface area contributed by atoms with Gasteiger partial charge < -0.3 is 19.5 Å². The number of ether oxygens (including phenoxy) is 3. The molecule has 0 radical (unpaired) electrons. The number of nitrogens with one attached hydrogen (secondary N) is 1. The highest BCUT2D eigenvalue weighted by molar-refractivity contribution is 5.76. The third-order valence-corrected chi connectivity index (χ3v) is 3.94. The highest BCUT2D eigenvalue weighted by Gasteiger charge is 2.21. The molecule has 1 N–H and O–H groups in total. The van der Waals surface area contributed by atoms with Crippen molar-refractivity contribution in [3.63, 3.8) is 0 Å². The van der Waals surface area contributed by atoms with Gasteiger partial charge in [-0.3, -0.25) is 9.59 Å². The van der Waals surface area contributed by atoms with Gasteiger partial charge in [0.15, 0.2) is 17.9 Å². The van der Waals surface area contributed by atoms with Crippen LogP contribution in [0.5, 0.6) is 5.75 Å². The van der Waals surface area contributed by atoms with Gasteiger partial charge in [0.2, 0.25) is 0 Å². The molecule has 1 heterocycles. The first-order chi connectivity index (χ1) is 13.3. The molecule has 0 unspecified atom stereocenters. The van der Waals surface area contributed by atoms with E-state index in [1.54, 1.807) is 6.07 Å². The van der Waals surface area contributed by atoms with Gasteiger partial charge in [-0.1, -0.05) is 6.07 Å². The molecule has 1 fully saturated rings. The van der Waals surface area contributed by atoms with Crippen LogP contribution in [0.3, 0.4) is 0 Å². The predicted molar refractivity (Wildman–Crippen MR) is 105 cm³/mol. The molecular formula is C21H32FNO5. The average Bonchev–Trinajstić information content (AvgIpc) is 2.63. The smallest absolute Gasteiger partial charge is 0.306 e. The second kappa shape index (κ2) is 12.5. The van der Waals surface area contributed by atoms with Crippen LogP contribution >= 0.6 is 0 Å². The number of aldehydes is 1. The van der Waals surface area contributed by atoms with Crippen molar-refractivity contribution < 1.29 is 28.2 Å². The molecule has 7 heteroatoms. The number of rotatable bonds is 7. The fraction of sp³-hybridized carbons (Fsp3) is 0.619. The zero-order valence-corrected chi connectivity index (χ0v) is 17.3. The second-order valence-electron chi connectivity index (χ2n) is 7.62. The fourth-order valence-corrected chi connectivity index (χ4v) is 2.68. The van der Waals surface area contributed by atoms with Crippen LogP contribution in [0.2, 0.25) is 0 Å². The van der Waals surface area contributed by atoms with Crippen molar-refractivity contribution in [2.45, 2.75) is 45.6 Å². The van der Waals surface area contributed by atoms with Crippen molar-refractivity contribution in [2.75, 3.05) is 33.4 Å². The first-order valence-electron chi connectivity index (χ1n) is 9.54. The Morgan fingerprint density at radius 1 is 1.32 bits per heavy atom. The van der Waals surface area contributed by atoms with Crippen LogP contribution in [0.15, 0.2) is 18.2 Å². The van der Waals surface area contributed by atoms with Crippen molar-refractivity contribution >= 4 is 12.3 Å². The fourth-order valence-electron chi connectivity index (χ4n) is 2.68. The topological polar surface area (TPSA) is 73.9 Å². The second-order valence-corrected chi connectivity index (χ2v) is 7.62. The van der Waals surface area contributed by atoms with Gasteiger partial charge in [0.1, 0.15) is 12.2 Å². The minimum atomic E-state index is -0.626. The zero-order chi connectivity index (χ0) is 21.0. The van der Waals surface area contributed by atoms with Crippen LogP contribution < -0.4 is 10.1 Å². The minimum Gasteiger partial charge on any atom is -0.488 e. The molecule has 1 aliphatic heterocycles. The first kappa shape index (κ1) is 24.0. The summed E-state index contributed by atoms with van der Waals surface area (Å²) >= 11 is 0. The molecule has 158 valence electrons. The monoisotopic (exact) mass is 397 g/mol. The van der Waals surface area contributed by atoms with Gasteiger partial charge in [0, 0.05) is 13.5 Å². The third-order valence-electron chi connectivity index (χ3n) is 3.94. The number of piperidine rings is 1. The first-order valence-corrected chi connectivity index (χ1v) is 9.54.